The monoisotopic (exact) mass is 329 g/mol. The van der Waals surface area contributed by atoms with Crippen molar-refractivity contribution < 1.29 is 19.8 Å². The second-order valence-corrected chi connectivity index (χ2v) is 6.84. The van der Waals surface area contributed by atoms with Gasteiger partial charge in [-0.2, -0.15) is 0 Å². The molecule has 0 aromatic heterocycles. The van der Waals surface area contributed by atoms with Gasteiger partial charge >= 0.3 is 0 Å². The molecule has 7 heteroatoms. The molecule has 7 nitrogen and oxygen atoms in total. The van der Waals surface area contributed by atoms with Crippen LogP contribution in [-0.2, 0) is 9.59 Å². The molecule has 4 N–H and O–H groups in total. The number of hydrogen-bond acceptors (Lipinski definition) is 5. The molecule has 1 aliphatic heterocycles. The van der Waals surface area contributed by atoms with Crippen LogP contribution in [0.5, 0.6) is 0 Å². The first-order valence-corrected chi connectivity index (χ1v) is 8.42. The fraction of sp³-hybridized carbons (Fsp3) is 0.875. The number of nitrogens with one attached hydrogen (secondary N) is 2. The van der Waals surface area contributed by atoms with Gasteiger partial charge in [-0.15, -0.1) is 0 Å². The number of amides is 2. The number of carbonyl (C=O) groups is 2. The summed E-state index contributed by atoms with van der Waals surface area (Å²) < 4.78 is 0. The van der Waals surface area contributed by atoms with Crippen molar-refractivity contribution in [3.8, 4) is 0 Å². The Bertz CT molecular complexity index is 382. The summed E-state index contributed by atoms with van der Waals surface area (Å²) in [5.74, 6) is -0.534. The molecule has 1 rings (SSSR count). The maximum absolute atomic E-state index is 11.7. The summed E-state index contributed by atoms with van der Waals surface area (Å²) in [7, 11) is 0. The predicted octanol–water partition coefficient (Wildman–Crippen LogP) is -0.526. The summed E-state index contributed by atoms with van der Waals surface area (Å²) in [4.78, 5) is 25.7. The third kappa shape index (κ3) is 7.28. The highest BCUT2D eigenvalue weighted by molar-refractivity contribution is 5.81. The summed E-state index contributed by atoms with van der Waals surface area (Å²) in [6.45, 7) is 7.08. The Morgan fingerprint density at radius 3 is 2.43 bits per heavy atom. The molecular formula is C16H31N3O4. The van der Waals surface area contributed by atoms with E-state index in [0.717, 1.165) is 19.6 Å². The first kappa shape index (κ1) is 19.9. The van der Waals surface area contributed by atoms with E-state index in [2.05, 4.69) is 15.5 Å². The third-order valence-electron chi connectivity index (χ3n) is 4.22. The molecule has 1 saturated heterocycles. The zero-order chi connectivity index (χ0) is 17.3. The fourth-order valence-electron chi connectivity index (χ4n) is 2.45. The molecule has 0 bridgehead atoms. The summed E-state index contributed by atoms with van der Waals surface area (Å²) in [5, 5.41) is 24.4. The largest absolute Gasteiger partial charge is 0.396 e. The van der Waals surface area contributed by atoms with Gasteiger partial charge in [0, 0.05) is 31.5 Å². The minimum Gasteiger partial charge on any atom is -0.396 e. The van der Waals surface area contributed by atoms with Crippen LogP contribution in [0.2, 0.25) is 0 Å². The molecular weight excluding hydrogens is 298 g/mol. The van der Waals surface area contributed by atoms with E-state index < -0.39 is 17.4 Å². The summed E-state index contributed by atoms with van der Waals surface area (Å²) in [5.41, 5.74) is -0.878. The molecule has 1 heterocycles. The molecule has 0 radical (unpaired) electrons. The number of rotatable bonds is 10. The van der Waals surface area contributed by atoms with Crippen LogP contribution in [-0.4, -0.2) is 72.4 Å². The molecule has 0 aromatic rings. The summed E-state index contributed by atoms with van der Waals surface area (Å²) >= 11 is 0. The average molecular weight is 329 g/mol. The van der Waals surface area contributed by atoms with Crippen molar-refractivity contribution in [2.45, 2.75) is 45.6 Å². The fourth-order valence-corrected chi connectivity index (χ4v) is 2.45. The van der Waals surface area contributed by atoms with Crippen LogP contribution in [0.25, 0.3) is 0 Å². The van der Waals surface area contributed by atoms with Crippen molar-refractivity contribution in [1.29, 1.82) is 0 Å². The average Bonchev–Trinajstić information content (AvgIpc) is 3.03. The highest BCUT2D eigenvalue weighted by atomic mass is 16.3. The van der Waals surface area contributed by atoms with E-state index in [1.54, 1.807) is 13.8 Å². The van der Waals surface area contributed by atoms with Crippen LogP contribution < -0.4 is 10.6 Å². The highest BCUT2D eigenvalue weighted by Gasteiger charge is 2.32. The first-order valence-electron chi connectivity index (χ1n) is 8.42. The van der Waals surface area contributed by atoms with Crippen LogP contribution >= 0.6 is 0 Å². The number of nitrogens with zero attached hydrogens (tertiary/aromatic N) is 1. The molecule has 0 aromatic carbocycles. The van der Waals surface area contributed by atoms with Crippen molar-refractivity contribution >= 4 is 11.8 Å². The van der Waals surface area contributed by atoms with Crippen molar-refractivity contribution in [2.75, 3.05) is 39.3 Å². The molecule has 134 valence electrons. The number of hydrogen-bond donors (Lipinski definition) is 4. The minimum atomic E-state index is -1.26. The Hall–Kier alpha value is -1.18. The third-order valence-corrected chi connectivity index (χ3v) is 4.22. The van der Waals surface area contributed by atoms with E-state index >= 15 is 0 Å². The van der Waals surface area contributed by atoms with E-state index in [1.165, 1.54) is 12.8 Å². The quantitative estimate of drug-likeness (QED) is 0.404. The SMILES string of the molecule is CC(C)(CO)[C@@H](O)C(=O)NCCCC(=O)NCCN1CCCC1. The molecule has 1 aliphatic rings. The van der Waals surface area contributed by atoms with Crippen molar-refractivity contribution in [3.05, 3.63) is 0 Å². The van der Waals surface area contributed by atoms with Crippen molar-refractivity contribution in [3.63, 3.8) is 0 Å². The molecule has 1 atom stereocenters. The van der Waals surface area contributed by atoms with Crippen molar-refractivity contribution in [1.82, 2.24) is 15.5 Å². The Balaban J connectivity index is 2.07. The zero-order valence-corrected chi connectivity index (χ0v) is 14.3. The molecule has 23 heavy (non-hydrogen) atoms. The predicted molar refractivity (Wildman–Crippen MR) is 87.8 cm³/mol. The Kier molecular flexibility index (Phi) is 8.51. The van der Waals surface area contributed by atoms with Crippen LogP contribution in [0.1, 0.15) is 39.5 Å². The second-order valence-electron chi connectivity index (χ2n) is 6.84. The lowest BCUT2D eigenvalue weighted by Crippen LogP contribution is -2.45. The molecule has 1 fully saturated rings. The molecule has 0 aliphatic carbocycles. The number of likely N-dealkylation sites (tertiary alicyclic amines) is 1. The van der Waals surface area contributed by atoms with Gasteiger partial charge in [0.1, 0.15) is 6.10 Å². The van der Waals surface area contributed by atoms with Crippen LogP contribution in [0.3, 0.4) is 0 Å². The van der Waals surface area contributed by atoms with E-state index in [9.17, 15) is 14.7 Å². The normalized spacial score (nSPS) is 17.0. The standard InChI is InChI=1S/C16H31N3O4/c1-16(2,12-20)14(22)15(23)18-7-5-6-13(21)17-8-11-19-9-3-4-10-19/h14,20,22H,3-12H2,1-2H3,(H,17,21)(H,18,23)/t14-/m0/s1. The number of aliphatic hydroxyl groups excluding tert-OH is 2. The highest BCUT2D eigenvalue weighted by Crippen LogP contribution is 2.19. The van der Waals surface area contributed by atoms with Crippen LogP contribution in [0.15, 0.2) is 0 Å². The Morgan fingerprint density at radius 1 is 1.17 bits per heavy atom. The molecule has 0 spiro atoms. The van der Waals surface area contributed by atoms with Crippen LogP contribution in [0, 0.1) is 5.41 Å². The summed E-state index contributed by atoms with van der Waals surface area (Å²) in [6, 6.07) is 0. The lowest BCUT2D eigenvalue weighted by Gasteiger charge is -2.27. The first-order chi connectivity index (χ1) is 10.9. The second kappa shape index (κ2) is 9.85. The topological polar surface area (TPSA) is 102 Å². The van der Waals surface area contributed by atoms with Gasteiger partial charge in [0.25, 0.3) is 0 Å². The Labute approximate surface area is 138 Å². The van der Waals surface area contributed by atoms with Gasteiger partial charge in [-0.05, 0) is 32.4 Å². The van der Waals surface area contributed by atoms with Crippen molar-refractivity contribution in [2.24, 2.45) is 5.41 Å². The van der Waals surface area contributed by atoms with E-state index in [4.69, 9.17) is 5.11 Å². The number of aliphatic hydroxyl groups is 2. The van der Waals surface area contributed by atoms with Gasteiger partial charge < -0.3 is 25.7 Å². The lowest BCUT2D eigenvalue weighted by molar-refractivity contribution is -0.137. The van der Waals surface area contributed by atoms with Gasteiger partial charge in [0.15, 0.2) is 0 Å². The minimum absolute atomic E-state index is 0.0188. The molecule has 0 unspecified atom stereocenters. The number of carbonyl (C=O) groups excluding carboxylic acids is 2. The smallest absolute Gasteiger partial charge is 0.249 e. The van der Waals surface area contributed by atoms with E-state index in [0.29, 0.717) is 25.9 Å². The maximum atomic E-state index is 11.7. The van der Waals surface area contributed by atoms with Gasteiger partial charge in [-0.3, -0.25) is 9.59 Å². The summed E-state index contributed by atoms with van der Waals surface area (Å²) in [6.07, 6.45) is 2.09. The van der Waals surface area contributed by atoms with Gasteiger partial charge in [0.2, 0.25) is 11.8 Å². The molecule has 2 amide bonds. The molecule has 0 saturated carbocycles. The van der Waals surface area contributed by atoms with Gasteiger partial charge in [0.05, 0.1) is 6.61 Å². The van der Waals surface area contributed by atoms with Gasteiger partial charge in [-0.25, -0.2) is 0 Å². The van der Waals surface area contributed by atoms with E-state index in [1.807, 2.05) is 0 Å². The van der Waals surface area contributed by atoms with E-state index in [-0.39, 0.29) is 12.5 Å². The Morgan fingerprint density at radius 2 is 1.83 bits per heavy atom. The van der Waals surface area contributed by atoms with Crippen LogP contribution in [0.4, 0.5) is 0 Å². The zero-order valence-electron chi connectivity index (χ0n) is 14.3. The lowest BCUT2D eigenvalue weighted by atomic mass is 9.87. The van der Waals surface area contributed by atoms with Gasteiger partial charge in [-0.1, -0.05) is 13.8 Å². The maximum Gasteiger partial charge on any atom is 0.249 e.